The number of nitrogens with two attached hydrogens (primary N) is 1. The Labute approximate surface area is 158 Å². The Morgan fingerprint density at radius 2 is 2.23 bits per heavy atom. The molecule has 1 saturated carbocycles. The molecule has 7 nitrogen and oxygen atoms in total. The largest absolute Gasteiger partial charge is 0.485 e. The Bertz CT molecular complexity index is 781. The summed E-state index contributed by atoms with van der Waals surface area (Å²) in [6, 6.07) is 7.46. The van der Waals surface area contributed by atoms with E-state index in [1.807, 2.05) is 23.1 Å². The molecule has 0 bridgehead atoms. The second kappa shape index (κ2) is 7.63. The third kappa shape index (κ3) is 3.68. The van der Waals surface area contributed by atoms with Crippen LogP contribution in [0.5, 0.6) is 5.75 Å². The van der Waals surface area contributed by atoms with E-state index in [-0.39, 0.29) is 31.0 Å². The number of carbonyl (C=O) groups is 1. The van der Waals surface area contributed by atoms with Crippen LogP contribution in [0, 0.1) is 18.8 Å². The van der Waals surface area contributed by atoms with Gasteiger partial charge in [-0.3, -0.25) is 4.79 Å². The average molecular weight is 379 g/mol. The Hall–Kier alpha value is -2.12. The summed E-state index contributed by atoms with van der Waals surface area (Å²) in [4.78, 5) is 18.8. The number of rotatable bonds is 4. The van der Waals surface area contributed by atoms with Gasteiger partial charge in [0.2, 0.25) is 11.7 Å². The molecule has 2 aliphatic rings. The van der Waals surface area contributed by atoms with Crippen molar-refractivity contribution in [3.63, 3.8) is 0 Å². The molecule has 2 N–H and O–H groups in total. The first kappa shape index (κ1) is 18.7. The van der Waals surface area contributed by atoms with E-state index in [0.29, 0.717) is 34.9 Å². The number of ether oxygens (including phenoxy) is 1. The van der Waals surface area contributed by atoms with Crippen LogP contribution in [0.1, 0.15) is 34.9 Å². The first-order valence-corrected chi connectivity index (χ1v) is 8.67. The molecular formula is C18H23ClN4O3. The second-order valence-electron chi connectivity index (χ2n) is 6.92. The summed E-state index contributed by atoms with van der Waals surface area (Å²) >= 11 is 0. The molecule has 1 aromatic heterocycles. The summed E-state index contributed by atoms with van der Waals surface area (Å²) in [6.45, 7) is 3.51. The highest BCUT2D eigenvalue weighted by Crippen LogP contribution is 2.37. The molecule has 2 fully saturated rings. The highest BCUT2D eigenvalue weighted by atomic mass is 35.5. The van der Waals surface area contributed by atoms with Crippen molar-refractivity contribution in [1.82, 2.24) is 15.0 Å². The minimum atomic E-state index is 0. The van der Waals surface area contributed by atoms with E-state index < -0.39 is 0 Å². The lowest BCUT2D eigenvalue weighted by molar-refractivity contribution is 0.0779. The maximum Gasteiger partial charge on any atom is 0.254 e. The smallest absolute Gasteiger partial charge is 0.254 e. The van der Waals surface area contributed by atoms with Crippen LogP contribution < -0.4 is 10.5 Å². The molecule has 0 radical (unpaired) electrons. The van der Waals surface area contributed by atoms with Crippen molar-refractivity contribution in [3.05, 3.63) is 41.5 Å². The van der Waals surface area contributed by atoms with Gasteiger partial charge in [-0.25, -0.2) is 0 Å². The summed E-state index contributed by atoms with van der Waals surface area (Å²) in [5, 5.41) is 3.79. The van der Waals surface area contributed by atoms with Gasteiger partial charge < -0.3 is 19.9 Å². The van der Waals surface area contributed by atoms with Crippen molar-refractivity contribution in [3.8, 4) is 5.75 Å². The number of amides is 1. The zero-order chi connectivity index (χ0) is 17.4. The standard InChI is InChI=1S/C18H22N4O3.ClH/c1-11-20-17(21-25-11)10-24-14-4-2-3-12(7-14)18(23)22-8-13-5-6-16(19)15(13)9-22;/h2-4,7,13,15-16H,5-6,8-10,19H2,1H3;1H. The summed E-state index contributed by atoms with van der Waals surface area (Å²) < 4.78 is 10.6. The first-order chi connectivity index (χ1) is 12.1. The van der Waals surface area contributed by atoms with Crippen LogP contribution in [-0.2, 0) is 6.61 Å². The molecule has 8 heteroatoms. The molecule has 0 spiro atoms. The van der Waals surface area contributed by atoms with Crippen LogP contribution in [0.15, 0.2) is 28.8 Å². The third-order valence-corrected chi connectivity index (χ3v) is 5.22. The molecule has 2 heterocycles. The predicted octanol–water partition coefficient (Wildman–Crippen LogP) is 2.19. The van der Waals surface area contributed by atoms with Crippen molar-refractivity contribution in [2.24, 2.45) is 17.6 Å². The average Bonchev–Trinajstić information content (AvgIpc) is 3.31. The highest BCUT2D eigenvalue weighted by molar-refractivity contribution is 5.94. The van der Waals surface area contributed by atoms with E-state index in [1.54, 1.807) is 13.0 Å². The van der Waals surface area contributed by atoms with Crippen molar-refractivity contribution < 1.29 is 14.1 Å². The topological polar surface area (TPSA) is 94.5 Å². The van der Waals surface area contributed by atoms with Gasteiger partial charge in [0.25, 0.3) is 5.91 Å². The first-order valence-electron chi connectivity index (χ1n) is 8.67. The van der Waals surface area contributed by atoms with Crippen molar-refractivity contribution >= 4 is 18.3 Å². The van der Waals surface area contributed by atoms with E-state index in [2.05, 4.69) is 10.1 Å². The summed E-state index contributed by atoms with van der Waals surface area (Å²) in [7, 11) is 0. The van der Waals surface area contributed by atoms with Crippen LogP contribution >= 0.6 is 12.4 Å². The highest BCUT2D eigenvalue weighted by Gasteiger charge is 2.42. The van der Waals surface area contributed by atoms with Gasteiger partial charge >= 0.3 is 0 Å². The van der Waals surface area contributed by atoms with Crippen LogP contribution in [0.2, 0.25) is 0 Å². The Balaban J connectivity index is 0.00000196. The number of halogens is 1. The number of hydrogen-bond donors (Lipinski definition) is 1. The van der Waals surface area contributed by atoms with Gasteiger partial charge in [0, 0.05) is 31.6 Å². The third-order valence-electron chi connectivity index (χ3n) is 5.22. The second-order valence-corrected chi connectivity index (χ2v) is 6.92. The number of fused-ring (bicyclic) bond motifs is 1. The lowest BCUT2D eigenvalue weighted by Crippen LogP contribution is -2.33. The number of aromatic nitrogens is 2. The number of likely N-dealkylation sites (tertiary alicyclic amines) is 1. The van der Waals surface area contributed by atoms with Crippen molar-refractivity contribution in [2.45, 2.75) is 32.4 Å². The van der Waals surface area contributed by atoms with E-state index in [0.717, 1.165) is 25.9 Å². The van der Waals surface area contributed by atoms with Gasteiger partial charge in [-0.1, -0.05) is 11.2 Å². The van der Waals surface area contributed by atoms with Crippen LogP contribution in [0.4, 0.5) is 0 Å². The van der Waals surface area contributed by atoms with Gasteiger partial charge in [-0.05, 0) is 42.9 Å². The Morgan fingerprint density at radius 3 is 2.96 bits per heavy atom. The normalized spacial score (nSPS) is 24.2. The lowest BCUT2D eigenvalue weighted by Gasteiger charge is -2.19. The zero-order valence-electron chi connectivity index (χ0n) is 14.6. The fourth-order valence-corrected chi connectivity index (χ4v) is 3.92. The van der Waals surface area contributed by atoms with Gasteiger partial charge in [0.15, 0.2) is 6.61 Å². The van der Waals surface area contributed by atoms with Gasteiger partial charge in [-0.15, -0.1) is 12.4 Å². The molecule has 1 aromatic carbocycles. The Kier molecular flexibility index (Phi) is 5.48. The van der Waals surface area contributed by atoms with Gasteiger partial charge in [0.05, 0.1) is 0 Å². The monoisotopic (exact) mass is 378 g/mol. The molecule has 140 valence electrons. The minimum absolute atomic E-state index is 0. The summed E-state index contributed by atoms with van der Waals surface area (Å²) in [5.41, 5.74) is 6.80. The van der Waals surface area contributed by atoms with Crippen molar-refractivity contribution in [1.29, 1.82) is 0 Å². The fraction of sp³-hybridized carbons (Fsp3) is 0.500. The van der Waals surface area contributed by atoms with E-state index in [4.69, 9.17) is 15.0 Å². The molecule has 1 saturated heterocycles. The quantitative estimate of drug-likeness (QED) is 0.876. The number of hydrogen-bond acceptors (Lipinski definition) is 6. The van der Waals surface area contributed by atoms with Crippen LogP contribution in [0.3, 0.4) is 0 Å². The molecule has 26 heavy (non-hydrogen) atoms. The maximum absolute atomic E-state index is 12.8. The van der Waals surface area contributed by atoms with Gasteiger partial charge in [0.1, 0.15) is 5.75 Å². The van der Waals surface area contributed by atoms with E-state index >= 15 is 0 Å². The fourth-order valence-electron chi connectivity index (χ4n) is 3.92. The molecule has 1 aliphatic heterocycles. The molecule has 1 aliphatic carbocycles. The Morgan fingerprint density at radius 1 is 1.38 bits per heavy atom. The van der Waals surface area contributed by atoms with Crippen LogP contribution in [0.25, 0.3) is 0 Å². The number of carbonyl (C=O) groups excluding carboxylic acids is 1. The molecule has 3 unspecified atom stereocenters. The number of aryl methyl sites for hydroxylation is 1. The number of benzene rings is 1. The molecule has 4 rings (SSSR count). The molecule has 3 atom stereocenters. The van der Waals surface area contributed by atoms with Crippen LogP contribution in [-0.4, -0.2) is 40.1 Å². The summed E-state index contributed by atoms with van der Waals surface area (Å²) in [5.74, 6) is 2.65. The summed E-state index contributed by atoms with van der Waals surface area (Å²) in [6.07, 6.45) is 2.21. The minimum Gasteiger partial charge on any atom is -0.485 e. The molecule has 1 amide bonds. The SMILES string of the molecule is Cc1nc(COc2cccc(C(=O)N3CC4CCC(N)C4C3)c2)no1.Cl. The maximum atomic E-state index is 12.8. The van der Waals surface area contributed by atoms with Gasteiger partial charge in [-0.2, -0.15) is 4.98 Å². The van der Waals surface area contributed by atoms with Crippen molar-refractivity contribution in [2.75, 3.05) is 13.1 Å². The van der Waals surface area contributed by atoms with E-state index in [1.165, 1.54) is 0 Å². The zero-order valence-corrected chi connectivity index (χ0v) is 15.4. The van der Waals surface area contributed by atoms with E-state index in [9.17, 15) is 4.79 Å². The predicted molar refractivity (Wildman–Crippen MR) is 97.1 cm³/mol. The molecule has 2 aromatic rings. The number of nitrogens with zero attached hydrogens (tertiary/aromatic N) is 3. The lowest BCUT2D eigenvalue weighted by atomic mass is 9.98. The molecular weight excluding hydrogens is 356 g/mol.